The van der Waals surface area contributed by atoms with Crippen molar-refractivity contribution < 1.29 is 14.6 Å². The monoisotopic (exact) mass is 268 g/mol. The van der Waals surface area contributed by atoms with E-state index in [1.165, 1.54) is 4.68 Å². The maximum absolute atomic E-state index is 12.2. The van der Waals surface area contributed by atoms with Crippen molar-refractivity contribution in [3.05, 3.63) is 11.9 Å². The Bertz CT molecular complexity index is 436. The molecule has 1 aliphatic rings. The van der Waals surface area contributed by atoms with Gasteiger partial charge in [-0.05, 0) is 20.8 Å². The SMILES string of the molecule is CC1CN(C(=O)Cn2cc(C(C)O)nn2)CC(C)O1. The lowest BCUT2D eigenvalue weighted by Crippen LogP contribution is -2.49. The van der Waals surface area contributed by atoms with E-state index in [2.05, 4.69) is 10.3 Å². The fourth-order valence-corrected chi connectivity index (χ4v) is 2.20. The first-order valence-electron chi connectivity index (χ1n) is 6.47. The van der Waals surface area contributed by atoms with E-state index in [1.54, 1.807) is 18.0 Å². The molecule has 1 fully saturated rings. The van der Waals surface area contributed by atoms with E-state index in [9.17, 15) is 9.90 Å². The normalized spacial score (nSPS) is 25.4. The zero-order chi connectivity index (χ0) is 14.0. The number of carbonyl (C=O) groups is 1. The number of rotatable bonds is 3. The van der Waals surface area contributed by atoms with Gasteiger partial charge in [-0.3, -0.25) is 4.79 Å². The fraction of sp³-hybridized carbons (Fsp3) is 0.750. The van der Waals surface area contributed by atoms with Gasteiger partial charge in [-0.1, -0.05) is 5.21 Å². The lowest BCUT2D eigenvalue weighted by atomic mass is 10.2. The first kappa shape index (κ1) is 14.0. The van der Waals surface area contributed by atoms with Crippen LogP contribution < -0.4 is 0 Å². The van der Waals surface area contributed by atoms with Gasteiger partial charge in [0.25, 0.3) is 0 Å². The van der Waals surface area contributed by atoms with Crippen molar-refractivity contribution in [1.82, 2.24) is 19.9 Å². The summed E-state index contributed by atoms with van der Waals surface area (Å²) in [5.74, 6) is -0.0101. The molecule has 1 N–H and O–H groups in total. The summed E-state index contributed by atoms with van der Waals surface area (Å²) in [6.45, 7) is 6.86. The molecule has 106 valence electrons. The summed E-state index contributed by atoms with van der Waals surface area (Å²) in [6.07, 6.45) is 1.02. The summed E-state index contributed by atoms with van der Waals surface area (Å²) < 4.78 is 7.04. The maximum atomic E-state index is 12.2. The second kappa shape index (κ2) is 5.66. The number of aliphatic hydroxyl groups is 1. The standard InChI is InChI=1S/C12H20N4O3/c1-8-4-15(5-9(2)19-8)12(18)7-16-6-11(10(3)17)13-14-16/h6,8-10,17H,4-5,7H2,1-3H3. The number of amides is 1. The van der Waals surface area contributed by atoms with Gasteiger partial charge in [0, 0.05) is 13.1 Å². The Morgan fingerprint density at radius 2 is 2.16 bits per heavy atom. The van der Waals surface area contributed by atoms with Crippen LogP contribution in [0.15, 0.2) is 6.20 Å². The first-order valence-corrected chi connectivity index (χ1v) is 6.47. The topological polar surface area (TPSA) is 80.5 Å². The second-order valence-corrected chi connectivity index (χ2v) is 5.07. The van der Waals surface area contributed by atoms with E-state index in [-0.39, 0.29) is 24.7 Å². The van der Waals surface area contributed by atoms with Crippen molar-refractivity contribution in [1.29, 1.82) is 0 Å². The zero-order valence-electron chi connectivity index (χ0n) is 11.5. The molecule has 0 aliphatic carbocycles. The van der Waals surface area contributed by atoms with Crippen molar-refractivity contribution in [2.75, 3.05) is 13.1 Å². The largest absolute Gasteiger partial charge is 0.387 e. The van der Waals surface area contributed by atoms with Gasteiger partial charge in [0.2, 0.25) is 5.91 Å². The predicted molar refractivity (Wildman–Crippen MR) is 67.2 cm³/mol. The van der Waals surface area contributed by atoms with Crippen molar-refractivity contribution >= 4 is 5.91 Å². The number of nitrogens with zero attached hydrogens (tertiary/aromatic N) is 4. The molecule has 2 heterocycles. The van der Waals surface area contributed by atoms with Gasteiger partial charge in [0.15, 0.2) is 0 Å². The molecule has 3 unspecified atom stereocenters. The summed E-state index contributed by atoms with van der Waals surface area (Å²) in [6, 6.07) is 0. The van der Waals surface area contributed by atoms with Gasteiger partial charge in [0.05, 0.1) is 24.5 Å². The van der Waals surface area contributed by atoms with Crippen LogP contribution in [0.4, 0.5) is 0 Å². The van der Waals surface area contributed by atoms with Gasteiger partial charge in [-0.2, -0.15) is 0 Å². The summed E-state index contributed by atoms with van der Waals surface area (Å²) in [4.78, 5) is 13.9. The van der Waals surface area contributed by atoms with E-state index < -0.39 is 6.10 Å². The smallest absolute Gasteiger partial charge is 0.244 e. The zero-order valence-corrected chi connectivity index (χ0v) is 11.5. The first-order chi connectivity index (χ1) is 8.95. The van der Waals surface area contributed by atoms with E-state index in [1.807, 2.05) is 13.8 Å². The fourth-order valence-electron chi connectivity index (χ4n) is 2.20. The highest BCUT2D eigenvalue weighted by Crippen LogP contribution is 2.12. The van der Waals surface area contributed by atoms with Crippen molar-refractivity contribution in [2.45, 2.75) is 45.6 Å². The number of hydrogen-bond acceptors (Lipinski definition) is 5. The summed E-state index contributed by atoms with van der Waals surface area (Å²) >= 11 is 0. The molecule has 1 amide bonds. The molecule has 1 saturated heterocycles. The second-order valence-electron chi connectivity index (χ2n) is 5.07. The van der Waals surface area contributed by atoms with E-state index in [0.29, 0.717) is 18.8 Å². The molecule has 3 atom stereocenters. The summed E-state index contributed by atoms with van der Waals surface area (Å²) in [7, 11) is 0. The lowest BCUT2D eigenvalue weighted by Gasteiger charge is -2.35. The van der Waals surface area contributed by atoms with Crippen LogP contribution in [0.3, 0.4) is 0 Å². The molecule has 1 aliphatic heterocycles. The van der Waals surface area contributed by atoms with Gasteiger partial charge in [-0.25, -0.2) is 4.68 Å². The van der Waals surface area contributed by atoms with Crippen LogP contribution in [0, 0.1) is 0 Å². The Labute approximate surface area is 112 Å². The van der Waals surface area contributed by atoms with Gasteiger partial charge in [0.1, 0.15) is 12.2 Å². The number of hydrogen-bond donors (Lipinski definition) is 1. The highest BCUT2D eigenvalue weighted by atomic mass is 16.5. The highest BCUT2D eigenvalue weighted by molar-refractivity contribution is 5.76. The third-order valence-electron chi connectivity index (χ3n) is 3.05. The number of ether oxygens (including phenoxy) is 1. The predicted octanol–water partition coefficient (Wildman–Crippen LogP) is -0.0328. The Kier molecular flexibility index (Phi) is 4.16. The van der Waals surface area contributed by atoms with Crippen molar-refractivity contribution in [3.8, 4) is 0 Å². The minimum Gasteiger partial charge on any atom is -0.387 e. The number of morpholine rings is 1. The van der Waals surface area contributed by atoms with Crippen LogP contribution in [0.1, 0.15) is 32.6 Å². The summed E-state index contributed by atoms with van der Waals surface area (Å²) in [5, 5.41) is 17.0. The lowest BCUT2D eigenvalue weighted by molar-refractivity contribution is -0.144. The third-order valence-corrected chi connectivity index (χ3v) is 3.05. The molecule has 0 bridgehead atoms. The molecular weight excluding hydrogens is 248 g/mol. The Morgan fingerprint density at radius 3 is 2.68 bits per heavy atom. The van der Waals surface area contributed by atoms with Gasteiger partial charge >= 0.3 is 0 Å². The average Bonchev–Trinajstić information content (AvgIpc) is 2.76. The number of carbonyl (C=O) groups excluding carboxylic acids is 1. The molecule has 0 saturated carbocycles. The van der Waals surface area contributed by atoms with Crippen LogP contribution in [0.2, 0.25) is 0 Å². The van der Waals surface area contributed by atoms with E-state index in [0.717, 1.165) is 0 Å². The molecule has 2 rings (SSSR count). The van der Waals surface area contributed by atoms with Crippen LogP contribution in [0.25, 0.3) is 0 Å². The maximum Gasteiger partial charge on any atom is 0.244 e. The van der Waals surface area contributed by atoms with Crippen LogP contribution in [0.5, 0.6) is 0 Å². The molecular formula is C12H20N4O3. The quantitative estimate of drug-likeness (QED) is 0.832. The molecule has 19 heavy (non-hydrogen) atoms. The van der Waals surface area contributed by atoms with Crippen LogP contribution in [-0.4, -0.2) is 56.2 Å². The van der Waals surface area contributed by atoms with E-state index >= 15 is 0 Å². The molecule has 1 aromatic heterocycles. The van der Waals surface area contributed by atoms with Crippen molar-refractivity contribution in [2.24, 2.45) is 0 Å². The minimum absolute atomic E-state index is 0.0101. The van der Waals surface area contributed by atoms with Crippen LogP contribution >= 0.6 is 0 Å². The number of aromatic nitrogens is 3. The van der Waals surface area contributed by atoms with E-state index in [4.69, 9.17) is 4.74 Å². The molecule has 1 aromatic rings. The van der Waals surface area contributed by atoms with Crippen LogP contribution in [-0.2, 0) is 16.1 Å². The Hall–Kier alpha value is -1.47. The molecule has 7 heteroatoms. The molecule has 0 aromatic carbocycles. The molecule has 0 radical (unpaired) electrons. The molecule has 7 nitrogen and oxygen atoms in total. The summed E-state index contributed by atoms with van der Waals surface area (Å²) in [5.41, 5.74) is 0.469. The third kappa shape index (κ3) is 3.51. The Balaban J connectivity index is 1.96. The minimum atomic E-state index is -0.674. The van der Waals surface area contributed by atoms with Gasteiger partial charge in [-0.15, -0.1) is 5.10 Å². The molecule has 0 spiro atoms. The van der Waals surface area contributed by atoms with Gasteiger partial charge < -0.3 is 14.7 Å². The highest BCUT2D eigenvalue weighted by Gasteiger charge is 2.26. The Morgan fingerprint density at radius 1 is 1.53 bits per heavy atom. The van der Waals surface area contributed by atoms with Crippen molar-refractivity contribution in [3.63, 3.8) is 0 Å². The average molecular weight is 268 g/mol. The number of aliphatic hydroxyl groups excluding tert-OH is 1.